The SMILES string of the molecule is CC(C)[C@@H](O)/C=C/[C@@H](C)[C@H]1C[C@@H](O)C2[C@@]3(O)C(CC[C@@]21C)[C@@]1(C)CC[C@H](O)[C@H](O)C1[C@@H](OS(=O)(=O)O)[C@H]3O. The fraction of sp³-hybridized carbons (Fsp3) is 0.926. The van der Waals surface area contributed by atoms with Gasteiger partial charge in [0.15, 0.2) is 0 Å². The zero-order chi connectivity index (χ0) is 28.6. The van der Waals surface area contributed by atoms with Crippen LogP contribution in [0.2, 0.25) is 0 Å². The first kappa shape index (κ1) is 30.3. The highest BCUT2D eigenvalue weighted by Crippen LogP contribution is 2.70. The van der Waals surface area contributed by atoms with E-state index in [1.807, 2.05) is 33.8 Å². The molecule has 11 heteroatoms. The van der Waals surface area contributed by atoms with Crippen molar-refractivity contribution < 1.29 is 47.8 Å². The van der Waals surface area contributed by atoms with Crippen molar-refractivity contribution in [3.05, 3.63) is 12.2 Å². The quantitative estimate of drug-likeness (QED) is 0.182. The van der Waals surface area contributed by atoms with E-state index < -0.39 is 81.2 Å². The number of hydrogen-bond acceptors (Lipinski definition) is 9. The summed E-state index contributed by atoms with van der Waals surface area (Å²) in [5.41, 5.74) is -3.57. The second-order valence-electron chi connectivity index (χ2n) is 13.4. The summed E-state index contributed by atoms with van der Waals surface area (Å²) in [4.78, 5) is 0. The van der Waals surface area contributed by atoms with Crippen LogP contribution in [0.25, 0.3) is 0 Å². The molecule has 10 nitrogen and oxygen atoms in total. The maximum absolute atomic E-state index is 12.5. The molecule has 4 fully saturated rings. The molecule has 0 aromatic carbocycles. The minimum absolute atomic E-state index is 0.0438. The molecule has 0 aliphatic heterocycles. The molecule has 4 aliphatic rings. The molecule has 0 amide bonds. The van der Waals surface area contributed by atoms with Crippen LogP contribution in [-0.4, -0.2) is 85.8 Å². The van der Waals surface area contributed by atoms with Gasteiger partial charge in [-0.05, 0) is 66.6 Å². The zero-order valence-corrected chi connectivity index (χ0v) is 23.7. The Kier molecular flexibility index (Phi) is 8.00. The summed E-state index contributed by atoms with van der Waals surface area (Å²) in [5.74, 6) is -2.66. The molecule has 0 aromatic heterocycles. The Bertz CT molecular complexity index is 1020. The van der Waals surface area contributed by atoms with Crippen LogP contribution in [0.5, 0.6) is 0 Å². The van der Waals surface area contributed by atoms with E-state index in [1.165, 1.54) is 0 Å². The van der Waals surface area contributed by atoms with E-state index in [1.54, 1.807) is 13.0 Å². The molecule has 4 aliphatic carbocycles. The summed E-state index contributed by atoms with van der Waals surface area (Å²) >= 11 is 0. The highest BCUT2D eigenvalue weighted by atomic mass is 32.3. The predicted molar refractivity (Wildman–Crippen MR) is 138 cm³/mol. The molecule has 7 N–H and O–H groups in total. The molecule has 14 atom stereocenters. The molecular formula is C27H46O10S. The fourth-order valence-electron chi connectivity index (χ4n) is 9.24. The van der Waals surface area contributed by atoms with Gasteiger partial charge in [0, 0.05) is 11.8 Å². The molecule has 0 aromatic rings. The Labute approximate surface area is 225 Å². The van der Waals surface area contributed by atoms with E-state index in [0.717, 1.165) is 0 Å². The van der Waals surface area contributed by atoms with Crippen molar-refractivity contribution in [2.45, 2.75) is 109 Å². The second-order valence-corrected chi connectivity index (χ2v) is 14.5. The van der Waals surface area contributed by atoms with E-state index in [9.17, 15) is 43.6 Å². The first-order valence-electron chi connectivity index (χ1n) is 13.9. The van der Waals surface area contributed by atoms with Crippen LogP contribution in [0.15, 0.2) is 12.2 Å². The van der Waals surface area contributed by atoms with Gasteiger partial charge in [-0.15, -0.1) is 0 Å². The van der Waals surface area contributed by atoms with E-state index >= 15 is 0 Å². The summed E-state index contributed by atoms with van der Waals surface area (Å²) in [6.07, 6.45) is -2.19. The van der Waals surface area contributed by atoms with Crippen LogP contribution in [0, 0.1) is 46.3 Å². The molecule has 4 rings (SSSR count). The van der Waals surface area contributed by atoms with Crippen molar-refractivity contribution in [1.29, 1.82) is 0 Å². The zero-order valence-electron chi connectivity index (χ0n) is 22.9. The third-order valence-electron chi connectivity index (χ3n) is 11.1. The average Bonchev–Trinajstić information content (AvgIpc) is 3.08. The molecule has 0 saturated heterocycles. The minimum Gasteiger partial charge on any atom is -0.393 e. The summed E-state index contributed by atoms with van der Waals surface area (Å²) in [5, 5.41) is 67.3. The number of aliphatic hydroxyl groups excluding tert-OH is 5. The number of allylic oxidation sites excluding steroid dienone is 1. The summed E-state index contributed by atoms with van der Waals surface area (Å²) in [6.45, 7) is 9.61. The molecule has 3 unspecified atom stereocenters. The average molecular weight is 563 g/mol. The normalized spacial score (nSPS) is 50.9. The van der Waals surface area contributed by atoms with Gasteiger partial charge in [0.1, 0.15) is 17.8 Å². The summed E-state index contributed by atoms with van der Waals surface area (Å²) in [6, 6.07) is 0. The van der Waals surface area contributed by atoms with Crippen LogP contribution in [0.1, 0.15) is 66.7 Å². The maximum Gasteiger partial charge on any atom is 0.397 e. The van der Waals surface area contributed by atoms with E-state index in [0.29, 0.717) is 25.7 Å². The lowest BCUT2D eigenvalue weighted by Gasteiger charge is -2.68. The van der Waals surface area contributed by atoms with E-state index in [4.69, 9.17) is 4.18 Å². The van der Waals surface area contributed by atoms with E-state index in [2.05, 4.69) is 0 Å². The van der Waals surface area contributed by atoms with Crippen LogP contribution >= 0.6 is 0 Å². The first-order valence-corrected chi connectivity index (χ1v) is 15.2. The van der Waals surface area contributed by atoms with Crippen molar-refractivity contribution in [3.63, 3.8) is 0 Å². The monoisotopic (exact) mass is 562 g/mol. The molecule has 38 heavy (non-hydrogen) atoms. The highest BCUT2D eigenvalue weighted by Gasteiger charge is 2.75. The van der Waals surface area contributed by atoms with Gasteiger partial charge in [0.05, 0.1) is 24.4 Å². The molecule has 4 saturated carbocycles. The second kappa shape index (κ2) is 10.0. The third-order valence-corrected chi connectivity index (χ3v) is 11.5. The van der Waals surface area contributed by atoms with Gasteiger partial charge in [-0.1, -0.05) is 46.8 Å². The Hall–Kier alpha value is -0.630. The van der Waals surface area contributed by atoms with Crippen LogP contribution < -0.4 is 0 Å². The fourth-order valence-corrected chi connectivity index (χ4v) is 9.74. The van der Waals surface area contributed by atoms with Crippen LogP contribution in [-0.2, 0) is 14.6 Å². The number of aliphatic hydroxyl groups is 6. The van der Waals surface area contributed by atoms with Crippen molar-refractivity contribution >= 4 is 10.4 Å². The topological polar surface area (TPSA) is 185 Å². The molecule has 0 spiro atoms. The summed E-state index contributed by atoms with van der Waals surface area (Å²) in [7, 11) is -5.10. The summed E-state index contributed by atoms with van der Waals surface area (Å²) < 4.78 is 38.3. The first-order chi connectivity index (χ1) is 17.4. The lowest BCUT2D eigenvalue weighted by atomic mass is 9.40. The number of rotatable bonds is 6. The standard InChI is InChI=1S/C27H46O10S/c1-13(2)16(28)7-6-14(3)15-12-18(30)23-25(15,4)11-9-19-26(5)10-8-17(29)21(31)20(26)22(37-38(34,35)36)24(32)27(19,23)33/h6-7,13-24,28-33H,8-12H2,1-5H3,(H,34,35,36)/b7-6+/t14-,15-,16+,17+,18-,19?,20?,21+,22-,23?,24-,25-,26-,27+/m1/s1. The predicted octanol–water partition coefficient (Wildman–Crippen LogP) is 1.04. The lowest BCUT2D eigenvalue weighted by molar-refractivity contribution is -0.317. The largest absolute Gasteiger partial charge is 0.397 e. The molecule has 0 heterocycles. The molecule has 220 valence electrons. The van der Waals surface area contributed by atoms with Crippen molar-refractivity contribution in [1.82, 2.24) is 0 Å². The minimum atomic E-state index is -5.10. The molecule has 0 bridgehead atoms. The van der Waals surface area contributed by atoms with E-state index in [-0.39, 0.29) is 24.2 Å². The van der Waals surface area contributed by atoms with Gasteiger partial charge in [-0.2, -0.15) is 8.42 Å². The molecular weight excluding hydrogens is 516 g/mol. The van der Waals surface area contributed by atoms with Crippen LogP contribution in [0.4, 0.5) is 0 Å². The van der Waals surface area contributed by atoms with Gasteiger partial charge in [-0.25, -0.2) is 4.18 Å². The third kappa shape index (κ3) is 4.59. The molecule has 0 radical (unpaired) electrons. The van der Waals surface area contributed by atoms with Crippen molar-refractivity contribution in [2.75, 3.05) is 0 Å². The Balaban J connectivity index is 1.77. The van der Waals surface area contributed by atoms with Gasteiger partial charge >= 0.3 is 10.4 Å². The Morgan fingerprint density at radius 3 is 2.13 bits per heavy atom. The van der Waals surface area contributed by atoms with Gasteiger partial charge in [-0.3, -0.25) is 4.55 Å². The van der Waals surface area contributed by atoms with Gasteiger partial charge in [0.25, 0.3) is 0 Å². The smallest absolute Gasteiger partial charge is 0.393 e. The van der Waals surface area contributed by atoms with Gasteiger partial charge < -0.3 is 30.6 Å². The Morgan fingerprint density at radius 2 is 1.55 bits per heavy atom. The Morgan fingerprint density at radius 1 is 0.947 bits per heavy atom. The number of hydrogen-bond donors (Lipinski definition) is 7. The highest BCUT2D eigenvalue weighted by molar-refractivity contribution is 7.80. The van der Waals surface area contributed by atoms with Gasteiger partial charge in [0.2, 0.25) is 0 Å². The van der Waals surface area contributed by atoms with Crippen LogP contribution in [0.3, 0.4) is 0 Å². The number of fused-ring (bicyclic) bond motifs is 5. The lowest BCUT2D eigenvalue weighted by Crippen LogP contribution is -2.77. The van der Waals surface area contributed by atoms with Crippen molar-refractivity contribution in [2.24, 2.45) is 46.3 Å². The maximum atomic E-state index is 12.5. The van der Waals surface area contributed by atoms with Crippen molar-refractivity contribution in [3.8, 4) is 0 Å².